The van der Waals surface area contributed by atoms with Gasteiger partial charge in [-0.25, -0.2) is 0 Å². The average molecular weight is 349 g/mol. The van der Waals surface area contributed by atoms with Crippen molar-refractivity contribution in [3.8, 4) is 17.6 Å². The van der Waals surface area contributed by atoms with Gasteiger partial charge in [-0.2, -0.15) is 5.26 Å². The normalized spacial score (nSPS) is 12.8. The van der Waals surface area contributed by atoms with Crippen molar-refractivity contribution in [1.82, 2.24) is 10.6 Å². The van der Waals surface area contributed by atoms with Crippen molar-refractivity contribution in [1.29, 1.82) is 5.26 Å². The lowest BCUT2D eigenvalue weighted by Gasteiger charge is -2.10. The quantitative estimate of drug-likeness (QED) is 0.619. The molecule has 26 heavy (non-hydrogen) atoms. The maximum Gasteiger partial charge on any atom is 0.263 e. The van der Waals surface area contributed by atoms with Crippen LogP contribution in [0.15, 0.2) is 59.8 Å². The van der Waals surface area contributed by atoms with Gasteiger partial charge in [0, 0.05) is 18.8 Å². The number of carbonyl (C=O) groups excluding carboxylic acids is 1. The highest BCUT2D eigenvalue weighted by Crippen LogP contribution is 2.32. The summed E-state index contributed by atoms with van der Waals surface area (Å²) in [4.78, 5) is 12.3. The number of carbonyl (C=O) groups is 1. The summed E-state index contributed by atoms with van der Waals surface area (Å²) < 4.78 is 10.6. The molecule has 0 fully saturated rings. The molecular weight excluding hydrogens is 330 g/mol. The molecule has 132 valence electrons. The van der Waals surface area contributed by atoms with Gasteiger partial charge in [-0.05, 0) is 30.2 Å². The highest BCUT2D eigenvalue weighted by Gasteiger charge is 2.15. The first kappa shape index (κ1) is 17.4. The SMILES string of the molecule is C/C(NCc1ccc2c(c1)OCO2)=C(\C#N)C(=O)NCc1ccccc1. The van der Waals surface area contributed by atoms with Crippen molar-refractivity contribution in [2.75, 3.05) is 6.79 Å². The van der Waals surface area contributed by atoms with Gasteiger partial charge >= 0.3 is 0 Å². The molecule has 0 aromatic heterocycles. The molecule has 0 spiro atoms. The fourth-order valence-electron chi connectivity index (χ4n) is 2.55. The predicted molar refractivity (Wildman–Crippen MR) is 96.0 cm³/mol. The number of nitriles is 1. The van der Waals surface area contributed by atoms with Gasteiger partial charge in [0.15, 0.2) is 11.5 Å². The molecule has 2 aromatic carbocycles. The standard InChI is InChI=1S/C20H19N3O3/c1-14(22-12-16-7-8-18-19(9-16)26-13-25-18)17(10-21)20(24)23-11-15-5-3-2-4-6-15/h2-9,22H,11-13H2,1H3,(H,23,24)/b17-14-. The molecule has 6 heteroatoms. The van der Waals surface area contributed by atoms with E-state index < -0.39 is 5.91 Å². The predicted octanol–water partition coefficient (Wildman–Crippen LogP) is 2.62. The Labute approximate surface area is 152 Å². The van der Waals surface area contributed by atoms with Gasteiger partial charge < -0.3 is 20.1 Å². The van der Waals surface area contributed by atoms with Gasteiger partial charge in [0.1, 0.15) is 11.6 Å². The summed E-state index contributed by atoms with van der Waals surface area (Å²) in [6.45, 7) is 2.79. The van der Waals surface area contributed by atoms with Crippen LogP contribution in [-0.4, -0.2) is 12.7 Å². The van der Waals surface area contributed by atoms with Gasteiger partial charge in [0.05, 0.1) is 0 Å². The van der Waals surface area contributed by atoms with Crippen molar-refractivity contribution in [3.05, 3.63) is 70.9 Å². The van der Waals surface area contributed by atoms with E-state index in [0.29, 0.717) is 24.5 Å². The van der Waals surface area contributed by atoms with Crippen LogP contribution in [0.1, 0.15) is 18.1 Å². The fourth-order valence-corrected chi connectivity index (χ4v) is 2.55. The summed E-state index contributed by atoms with van der Waals surface area (Å²) in [5.41, 5.74) is 2.54. The number of allylic oxidation sites excluding steroid dienone is 1. The molecule has 0 atom stereocenters. The molecule has 0 saturated heterocycles. The molecule has 2 N–H and O–H groups in total. The molecular formula is C20H19N3O3. The summed E-state index contributed by atoms with van der Waals surface area (Å²) in [6, 6.07) is 17.2. The van der Waals surface area contributed by atoms with E-state index in [1.165, 1.54) is 0 Å². The number of nitrogens with zero attached hydrogens (tertiary/aromatic N) is 1. The molecule has 1 heterocycles. The molecule has 0 unspecified atom stereocenters. The third-order valence-electron chi connectivity index (χ3n) is 4.00. The molecule has 3 rings (SSSR count). The van der Waals surface area contributed by atoms with Crippen molar-refractivity contribution < 1.29 is 14.3 Å². The molecule has 1 aliphatic rings. The minimum Gasteiger partial charge on any atom is -0.454 e. The zero-order valence-electron chi connectivity index (χ0n) is 14.4. The summed E-state index contributed by atoms with van der Waals surface area (Å²) in [5.74, 6) is 1.03. The van der Waals surface area contributed by atoms with Crippen molar-refractivity contribution >= 4 is 5.91 Å². The zero-order chi connectivity index (χ0) is 18.4. The van der Waals surface area contributed by atoms with Crippen LogP contribution in [0.3, 0.4) is 0 Å². The third-order valence-corrected chi connectivity index (χ3v) is 4.00. The number of hydrogen-bond donors (Lipinski definition) is 2. The molecule has 0 saturated carbocycles. The van der Waals surface area contributed by atoms with Crippen LogP contribution in [0.5, 0.6) is 11.5 Å². The Kier molecular flexibility index (Phi) is 5.40. The van der Waals surface area contributed by atoms with Crippen molar-refractivity contribution in [3.63, 3.8) is 0 Å². The monoisotopic (exact) mass is 349 g/mol. The molecule has 1 aliphatic heterocycles. The molecule has 0 bridgehead atoms. The van der Waals surface area contributed by atoms with Gasteiger partial charge in [-0.3, -0.25) is 4.79 Å². The van der Waals surface area contributed by atoms with Crippen molar-refractivity contribution in [2.24, 2.45) is 0 Å². The van der Waals surface area contributed by atoms with E-state index in [-0.39, 0.29) is 12.4 Å². The minimum absolute atomic E-state index is 0.0710. The van der Waals surface area contributed by atoms with Gasteiger partial charge in [0.2, 0.25) is 6.79 Å². The van der Waals surface area contributed by atoms with Crippen LogP contribution in [0.2, 0.25) is 0 Å². The molecule has 1 amide bonds. The second-order valence-electron chi connectivity index (χ2n) is 5.82. The summed E-state index contributed by atoms with van der Waals surface area (Å²) in [6.07, 6.45) is 0. The van der Waals surface area contributed by atoms with E-state index >= 15 is 0 Å². The zero-order valence-corrected chi connectivity index (χ0v) is 14.4. The van der Waals surface area contributed by atoms with E-state index in [0.717, 1.165) is 16.9 Å². The van der Waals surface area contributed by atoms with Crippen molar-refractivity contribution in [2.45, 2.75) is 20.0 Å². The minimum atomic E-state index is -0.396. The number of ether oxygens (including phenoxy) is 2. The number of rotatable bonds is 6. The summed E-state index contributed by atoms with van der Waals surface area (Å²) in [7, 11) is 0. The first-order valence-corrected chi connectivity index (χ1v) is 8.23. The third kappa shape index (κ3) is 4.14. The van der Waals surface area contributed by atoms with Gasteiger partial charge in [-0.1, -0.05) is 36.4 Å². The second-order valence-corrected chi connectivity index (χ2v) is 5.82. The van der Waals surface area contributed by atoms with E-state index in [2.05, 4.69) is 10.6 Å². The van der Waals surface area contributed by atoms with Crippen LogP contribution >= 0.6 is 0 Å². The lowest BCUT2D eigenvalue weighted by Crippen LogP contribution is -2.27. The van der Waals surface area contributed by atoms with Crippen LogP contribution in [0, 0.1) is 11.3 Å². The molecule has 2 aromatic rings. The highest BCUT2D eigenvalue weighted by atomic mass is 16.7. The lowest BCUT2D eigenvalue weighted by molar-refractivity contribution is -0.117. The van der Waals surface area contributed by atoms with Gasteiger partial charge in [-0.15, -0.1) is 0 Å². The maximum absolute atomic E-state index is 12.3. The number of fused-ring (bicyclic) bond motifs is 1. The Morgan fingerprint density at radius 1 is 1.04 bits per heavy atom. The largest absolute Gasteiger partial charge is 0.454 e. The molecule has 0 radical (unpaired) electrons. The topological polar surface area (TPSA) is 83.4 Å². The highest BCUT2D eigenvalue weighted by molar-refractivity contribution is 5.97. The smallest absolute Gasteiger partial charge is 0.263 e. The van der Waals surface area contributed by atoms with Crippen LogP contribution in [-0.2, 0) is 17.9 Å². The fraction of sp³-hybridized carbons (Fsp3) is 0.200. The van der Waals surface area contributed by atoms with Crippen LogP contribution in [0.25, 0.3) is 0 Å². The number of benzene rings is 2. The number of amides is 1. The van der Waals surface area contributed by atoms with Gasteiger partial charge in [0.25, 0.3) is 5.91 Å². The van der Waals surface area contributed by atoms with E-state index in [1.807, 2.05) is 54.6 Å². The Balaban J connectivity index is 1.60. The van der Waals surface area contributed by atoms with Crippen LogP contribution in [0.4, 0.5) is 0 Å². The molecule has 0 aliphatic carbocycles. The van der Waals surface area contributed by atoms with E-state index in [4.69, 9.17) is 9.47 Å². The Morgan fingerprint density at radius 3 is 2.54 bits per heavy atom. The van der Waals surface area contributed by atoms with E-state index in [9.17, 15) is 10.1 Å². The number of nitrogens with one attached hydrogen (secondary N) is 2. The molecule has 6 nitrogen and oxygen atoms in total. The van der Waals surface area contributed by atoms with E-state index in [1.54, 1.807) is 6.92 Å². The first-order chi connectivity index (χ1) is 12.7. The van der Waals surface area contributed by atoms with Crippen LogP contribution < -0.4 is 20.1 Å². The Morgan fingerprint density at radius 2 is 1.77 bits per heavy atom. The Hall–Kier alpha value is -3.46. The summed E-state index contributed by atoms with van der Waals surface area (Å²) in [5, 5.41) is 15.2. The first-order valence-electron chi connectivity index (χ1n) is 8.23. The number of hydrogen-bond acceptors (Lipinski definition) is 5. The average Bonchev–Trinajstić information content (AvgIpc) is 3.14. The lowest BCUT2D eigenvalue weighted by atomic mass is 10.1. The maximum atomic E-state index is 12.3. The summed E-state index contributed by atoms with van der Waals surface area (Å²) >= 11 is 0. The Bertz CT molecular complexity index is 870. The second kappa shape index (κ2) is 8.08.